The van der Waals surface area contributed by atoms with Gasteiger partial charge in [0, 0.05) is 18.7 Å². The smallest absolute Gasteiger partial charge is 0.254 e. The van der Waals surface area contributed by atoms with Crippen LogP contribution < -0.4 is 5.56 Å². The van der Waals surface area contributed by atoms with Crippen LogP contribution in [-0.4, -0.2) is 15.8 Å². The van der Waals surface area contributed by atoms with Crippen molar-refractivity contribution in [3.05, 3.63) is 46.2 Å². The first-order valence-corrected chi connectivity index (χ1v) is 6.53. The molecule has 0 saturated carbocycles. The molecule has 3 nitrogen and oxygen atoms in total. The molecule has 4 heteroatoms. The minimum absolute atomic E-state index is 0.0278. The fraction of sp³-hybridized carbons (Fsp3) is 0.231. The summed E-state index contributed by atoms with van der Waals surface area (Å²) < 4.78 is 1.56. The van der Waals surface area contributed by atoms with Crippen LogP contribution in [0, 0.1) is 6.92 Å². The number of hydrogen-bond acceptors (Lipinski definition) is 3. The fourth-order valence-corrected chi connectivity index (χ4v) is 2.13. The first-order chi connectivity index (χ1) is 8.11. The van der Waals surface area contributed by atoms with E-state index in [2.05, 4.69) is 4.98 Å². The van der Waals surface area contributed by atoms with Crippen molar-refractivity contribution in [1.29, 1.82) is 0 Å². The van der Waals surface area contributed by atoms with Crippen LogP contribution in [0.1, 0.15) is 5.56 Å². The normalized spacial score (nSPS) is 10.5. The molecule has 0 saturated heterocycles. The van der Waals surface area contributed by atoms with Crippen molar-refractivity contribution in [2.24, 2.45) is 7.05 Å². The summed E-state index contributed by atoms with van der Waals surface area (Å²) in [5, 5.41) is 0.730. The third kappa shape index (κ3) is 2.42. The number of nitrogens with zero attached hydrogens (tertiary/aromatic N) is 2. The van der Waals surface area contributed by atoms with Crippen molar-refractivity contribution in [2.45, 2.75) is 12.1 Å². The lowest BCUT2D eigenvalue weighted by molar-refractivity contribution is 0.712. The quantitative estimate of drug-likeness (QED) is 0.603. The van der Waals surface area contributed by atoms with Gasteiger partial charge in [0.15, 0.2) is 5.16 Å². The summed E-state index contributed by atoms with van der Waals surface area (Å²) in [6.45, 7) is 2.04. The highest BCUT2D eigenvalue weighted by atomic mass is 32.2. The van der Waals surface area contributed by atoms with Gasteiger partial charge in [-0.3, -0.25) is 9.36 Å². The summed E-state index contributed by atoms with van der Waals surface area (Å²) in [5.74, 6) is 0. The monoisotopic (exact) mass is 246 g/mol. The summed E-state index contributed by atoms with van der Waals surface area (Å²) in [6.07, 6.45) is 1.92. The Balaban J connectivity index is 2.56. The van der Waals surface area contributed by atoms with E-state index >= 15 is 0 Å². The van der Waals surface area contributed by atoms with E-state index in [1.54, 1.807) is 17.7 Å². The Morgan fingerprint density at radius 3 is 2.47 bits per heavy atom. The maximum atomic E-state index is 11.8. The van der Waals surface area contributed by atoms with Crippen molar-refractivity contribution >= 4 is 11.8 Å². The first kappa shape index (κ1) is 11.9. The molecule has 0 unspecified atom stereocenters. The number of benzene rings is 1. The number of aromatic nitrogens is 2. The van der Waals surface area contributed by atoms with Gasteiger partial charge in [0.05, 0.1) is 5.69 Å². The van der Waals surface area contributed by atoms with E-state index in [0.717, 1.165) is 16.4 Å². The van der Waals surface area contributed by atoms with Crippen LogP contribution in [0.5, 0.6) is 0 Å². The van der Waals surface area contributed by atoms with E-state index in [1.165, 1.54) is 17.3 Å². The molecule has 0 atom stereocenters. The van der Waals surface area contributed by atoms with E-state index in [1.807, 2.05) is 37.4 Å². The fourth-order valence-electron chi connectivity index (χ4n) is 1.57. The van der Waals surface area contributed by atoms with Gasteiger partial charge in [0.1, 0.15) is 0 Å². The second-order valence-corrected chi connectivity index (χ2v) is 4.66. The van der Waals surface area contributed by atoms with Crippen LogP contribution in [0.4, 0.5) is 0 Å². The van der Waals surface area contributed by atoms with Crippen LogP contribution in [0.25, 0.3) is 11.3 Å². The minimum Gasteiger partial charge on any atom is -0.291 e. The zero-order valence-electron chi connectivity index (χ0n) is 10.1. The lowest BCUT2D eigenvalue weighted by atomic mass is 10.1. The van der Waals surface area contributed by atoms with E-state index in [9.17, 15) is 4.79 Å². The lowest BCUT2D eigenvalue weighted by Crippen LogP contribution is -2.19. The second-order valence-electron chi connectivity index (χ2n) is 3.89. The summed E-state index contributed by atoms with van der Waals surface area (Å²) in [6, 6.07) is 9.59. The van der Waals surface area contributed by atoms with Gasteiger partial charge >= 0.3 is 0 Å². The third-order valence-electron chi connectivity index (χ3n) is 2.62. The van der Waals surface area contributed by atoms with Crippen LogP contribution >= 0.6 is 11.8 Å². The Bertz CT molecular complexity index is 587. The largest absolute Gasteiger partial charge is 0.291 e. The highest BCUT2D eigenvalue weighted by molar-refractivity contribution is 7.98. The van der Waals surface area contributed by atoms with E-state index in [-0.39, 0.29) is 5.56 Å². The molecular weight excluding hydrogens is 232 g/mol. The predicted octanol–water partition coefficient (Wildman–Crippen LogP) is 2.48. The molecule has 0 radical (unpaired) electrons. The summed E-state index contributed by atoms with van der Waals surface area (Å²) in [4.78, 5) is 16.2. The van der Waals surface area contributed by atoms with Crippen molar-refractivity contribution in [3.63, 3.8) is 0 Å². The van der Waals surface area contributed by atoms with Gasteiger partial charge in [-0.25, -0.2) is 4.98 Å². The van der Waals surface area contributed by atoms with Crippen LogP contribution in [-0.2, 0) is 7.05 Å². The van der Waals surface area contributed by atoms with E-state index < -0.39 is 0 Å². The van der Waals surface area contributed by atoms with Crippen LogP contribution in [0.3, 0.4) is 0 Å². The van der Waals surface area contributed by atoms with Crippen LogP contribution in [0.2, 0.25) is 0 Å². The van der Waals surface area contributed by atoms with Gasteiger partial charge in [-0.15, -0.1) is 0 Å². The average Bonchev–Trinajstić information content (AvgIpc) is 2.33. The van der Waals surface area contributed by atoms with Crippen molar-refractivity contribution in [3.8, 4) is 11.3 Å². The maximum Gasteiger partial charge on any atom is 0.254 e. The second kappa shape index (κ2) is 4.75. The molecule has 1 aromatic heterocycles. The SMILES string of the molecule is CSc1nc(-c2ccc(C)cc2)cc(=O)n1C. The molecule has 0 aliphatic carbocycles. The standard InChI is InChI=1S/C13H14N2OS/c1-9-4-6-10(7-5-9)11-8-12(16)15(2)13(14-11)17-3/h4-8H,1-3H3. The molecule has 2 aromatic rings. The molecule has 1 heterocycles. The summed E-state index contributed by atoms with van der Waals surface area (Å²) in [7, 11) is 1.74. The molecule has 2 rings (SSSR count). The summed E-state index contributed by atoms with van der Waals surface area (Å²) in [5.41, 5.74) is 2.88. The van der Waals surface area contributed by atoms with E-state index in [4.69, 9.17) is 0 Å². The lowest BCUT2D eigenvalue weighted by Gasteiger charge is -2.07. The maximum absolute atomic E-state index is 11.8. The predicted molar refractivity (Wildman–Crippen MR) is 71.4 cm³/mol. The number of aryl methyl sites for hydroxylation is 1. The molecule has 88 valence electrons. The Labute approximate surface area is 105 Å². The van der Waals surface area contributed by atoms with Crippen molar-refractivity contribution in [2.75, 3.05) is 6.26 Å². The Morgan fingerprint density at radius 2 is 1.88 bits per heavy atom. The Morgan fingerprint density at radius 1 is 1.24 bits per heavy atom. The van der Waals surface area contributed by atoms with Gasteiger partial charge in [0.25, 0.3) is 5.56 Å². The Kier molecular flexibility index (Phi) is 3.33. The molecular formula is C13H14N2OS. The van der Waals surface area contributed by atoms with Gasteiger partial charge in [-0.2, -0.15) is 0 Å². The van der Waals surface area contributed by atoms with Crippen molar-refractivity contribution < 1.29 is 0 Å². The molecule has 0 fully saturated rings. The minimum atomic E-state index is -0.0278. The molecule has 0 spiro atoms. The average molecular weight is 246 g/mol. The summed E-state index contributed by atoms with van der Waals surface area (Å²) >= 11 is 1.47. The molecule has 17 heavy (non-hydrogen) atoms. The van der Waals surface area contributed by atoms with E-state index in [0.29, 0.717) is 0 Å². The number of rotatable bonds is 2. The highest BCUT2D eigenvalue weighted by Gasteiger charge is 2.06. The van der Waals surface area contributed by atoms with Gasteiger partial charge in [-0.1, -0.05) is 41.6 Å². The number of hydrogen-bond donors (Lipinski definition) is 0. The zero-order chi connectivity index (χ0) is 12.4. The topological polar surface area (TPSA) is 34.9 Å². The van der Waals surface area contributed by atoms with Crippen LogP contribution in [0.15, 0.2) is 40.3 Å². The zero-order valence-corrected chi connectivity index (χ0v) is 10.9. The Hall–Kier alpha value is -1.55. The van der Waals surface area contributed by atoms with Crippen molar-refractivity contribution in [1.82, 2.24) is 9.55 Å². The van der Waals surface area contributed by atoms with Gasteiger partial charge in [0.2, 0.25) is 0 Å². The van der Waals surface area contributed by atoms with Gasteiger partial charge < -0.3 is 0 Å². The molecule has 0 bridgehead atoms. The molecule has 0 aliphatic heterocycles. The molecule has 1 aromatic carbocycles. The highest BCUT2D eigenvalue weighted by Crippen LogP contribution is 2.18. The first-order valence-electron chi connectivity index (χ1n) is 5.31. The molecule has 0 aliphatic rings. The van der Waals surface area contributed by atoms with Gasteiger partial charge in [-0.05, 0) is 13.2 Å². The number of thioether (sulfide) groups is 1. The third-order valence-corrected chi connectivity index (χ3v) is 3.35. The molecule has 0 amide bonds. The molecule has 0 N–H and O–H groups in total.